The number of nitrogens with two attached hydrogens (primary N) is 1. The van der Waals surface area contributed by atoms with Crippen LogP contribution in [0.4, 0.5) is 0 Å². The van der Waals surface area contributed by atoms with Gasteiger partial charge in [0.25, 0.3) is 0 Å². The van der Waals surface area contributed by atoms with Gasteiger partial charge < -0.3 is 15.2 Å². The average molecular weight is 239 g/mol. The number of rotatable bonds is 4. The Bertz CT molecular complexity index is 385. The molecule has 0 radical (unpaired) electrons. The number of hydrazone groups is 1. The number of nitrogens with one attached hydrogen (secondary N) is 1. The van der Waals surface area contributed by atoms with Crippen LogP contribution in [0.2, 0.25) is 0 Å². The molecule has 0 saturated carbocycles. The fraction of sp³-hybridized carbons (Fsp3) is 0.200. The van der Waals surface area contributed by atoms with E-state index in [9.17, 15) is 0 Å². The van der Waals surface area contributed by atoms with E-state index in [1.165, 1.54) is 6.21 Å². The van der Waals surface area contributed by atoms with Crippen molar-refractivity contribution in [3.05, 3.63) is 23.8 Å². The number of benzene rings is 1. The van der Waals surface area contributed by atoms with E-state index < -0.39 is 0 Å². The van der Waals surface area contributed by atoms with Crippen LogP contribution in [0.25, 0.3) is 0 Å². The largest absolute Gasteiger partial charge is 0.496 e. The molecule has 0 amide bonds. The second-order valence-corrected chi connectivity index (χ2v) is 3.25. The summed E-state index contributed by atoms with van der Waals surface area (Å²) in [5.41, 5.74) is 8.42. The average Bonchev–Trinajstić information content (AvgIpc) is 2.28. The van der Waals surface area contributed by atoms with Gasteiger partial charge >= 0.3 is 0 Å². The molecule has 0 aliphatic carbocycles. The molecular formula is C10H13N3O2S. The fourth-order valence-corrected chi connectivity index (χ4v) is 1.22. The number of hydrogen-bond donors (Lipinski definition) is 2. The number of ether oxygens (including phenoxy) is 2. The van der Waals surface area contributed by atoms with Crippen LogP contribution in [0.5, 0.6) is 11.5 Å². The van der Waals surface area contributed by atoms with Crippen molar-refractivity contribution in [3.8, 4) is 11.5 Å². The Labute approximate surface area is 99.2 Å². The van der Waals surface area contributed by atoms with Gasteiger partial charge in [0.05, 0.1) is 26.0 Å². The van der Waals surface area contributed by atoms with Crippen LogP contribution in [-0.2, 0) is 0 Å². The third kappa shape index (κ3) is 3.09. The summed E-state index contributed by atoms with van der Waals surface area (Å²) in [6.07, 6.45) is 1.54. The van der Waals surface area contributed by atoms with Gasteiger partial charge in [-0.1, -0.05) is 6.07 Å². The maximum Gasteiger partial charge on any atom is 0.184 e. The van der Waals surface area contributed by atoms with Gasteiger partial charge in [-0.25, -0.2) is 0 Å². The zero-order chi connectivity index (χ0) is 12.0. The van der Waals surface area contributed by atoms with Crippen molar-refractivity contribution in [2.24, 2.45) is 10.8 Å². The standard InChI is InChI=1S/C10H13N3O2S/c1-14-8-4-3-5-9(15-2)7(8)6-12-13-10(11)16/h3-6H,1-2H3,(H3,11,13,16)/b12-6+. The first-order chi connectivity index (χ1) is 7.69. The Balaban J connectivity index is 2.99. The van der Waals surface area contributed by atoms with Crippen molar-refractivity contribution >= 4 is 23.5 Å². The van der Waals surface area contributed by atoms with E-state index in [1.54, 1.807) is 14.2 Å². The van der Waals surface area contributed by atoms with Crippen molar-refractivity contribution in [2.75, 3.05) is 14.2 Å². The van der Waals surface area contributed by atoms with E-state index in [0.717, 1.165) is 5.56 Å². The minimum atomic E-state index is 0.102. The maximum atomic E-state index is 5.24. The van der Waals surface area contributed by atoms with Crippen LogP contribution in [0.1, 0.15) is 5.56 Å². The van der Waals surface area contributed by atoms with Crippen LogP contribution in [0.3, 0.4) is 0 Å². The summed E-state index contributed by atoms with van der Waals surface area (Å²) in [7, 11) is 3.15. The van der Waals surface area contributed by atoms with Gasteiger partial charge in [-0.2, -0.15) is 5.10 Å². The summed E-state index contributed by atoms with van der Waals surface area (Å²) in [5, 5.41) is 3.96. The maximum absolute atomic E-state index is 5.24. The van der Waals surface area contributed by atoms with Gasteiger partial charge in [0.2, 0.25) is 0 Å². The lowest BCUT2D eigenvalue weighted by Crippen LogP contribution is -2.24. The Kier molecular flexibility index (Phi) is 4.53. The molecule has 0 saturated heterocycles. The minimum Gasteiger partial charge on any atom is -0.496 e. The van der Waals surface area contributed by atoms with Crippen LogP contribution in [0.15, 0.2) is 23.3 Å². The first-order valence-electron chi connectivity index (χ1n) is 4.48. The molecule has 3 N–H and O–H groups in total. The monoisotopic (exact) mass is 239 g/mol. The van der Waals surface area contributed by atoms with Gasteiger partial charge in [-0.05, 0) is 24.4 Å². The third-order valence-corrected chi connectivity index (χ3v) is 1.93. The van der Waals surface area contributed by atoms with Crippen LogP contribution in [-0.4, -0.2) is 25.5 Å². The molecule has 0 atom stereocenters. The first kappa shape index (κ1) is 12.3. The Hall–Kier alpha value is -1.82. The summed E-state index contributed by atoms with van der Waals surface area (Å²) < 4.78 is 10.4. The van der Waals surface area contributed by atoms with Crippen molar-refractivity contribution in [3.63, 3.8) is 0 Å². The van der Waals surface area contributed by atoms with E-state index in [-0.39, 0.29) is 5.11 Å². The van der Waals surface area contributed by atoms with E-state index in [0.29, 0.717) is 11.5 Å². The highest BCUT2D eigenvalue weighted by Gasteiger charge is 2.06. The molecule has 1 aromatic carbocycles. The summed E-state index contributed by atoms with van der Waals surface area (Å²) in [4.78, 5) is 0. The minimum absolute atomic E-state index is 0.102. The van der Waals surface area contributed by atoms with E-state index in [1.807, 2.05) is 18.2 Å². The molecule has 0 aromatic heterocycles. The lowest BCUT2D eigenvalue weighted by atomic mass is 10.2. The van der Waals surface area contributed by atoms with E-state index >= 15 is 0 Å². The molecule has 0 heterocycles. The number of nitrogens with zero attached hydrogens (tertiary/aromatic N) is 1. The van der Waals surface area contributed by atoms with E-state index in [2.05, 4.69) is 22.7 Å². The van der Waals surface area contributed by atoms with Gasteiger partial charge in [0.15, 0.2) is 5.11 Å². The van der Waals surface area contributed by atoms with Gasteiger partial charge in [-0.15, -0.1) is 0 Å². The van der Waals surface area contributed by atoms with Crippen LogP contribution in [0, 0.1) is 0 Å². The van der Waals surface area contributed by atoms with Crippen LogP contribution >= 0.6 is 12.2 Å². The van der Waals surface area contributed by atoms with Gasteiger partial charge in [0, 0.05) is 0 Å². The molecule has 86 valence electrons. The topological polar surface area (TPSA) is 68.9 Å². The molecule has 0 spiro atoms. The highest BCUT2D eigenvalue weighted by molar-refractivity contribution is 7.80. The van der Waals surface area contributed by atoms with E-state index in [4.69, 9.17) is 15.2 Å². The molecule has 0 fully saturated rings. The normalized spacial score (nSPS) is 10.1. The highest BCUT2D eigenvalue weighted by atomic mass is 32.1. The molecule has 0 aliphatic heterocycles. The zero-order valence-corrected chi connectivity index (χ0v) is 9.88. The van der Waals surface area contributed by atoms with Crippen molar-refractivity contribution in [1.29, 1.82) is 0 Å². The quantitative estimate of drug-likeness (QED) is 0.463. The SMILES string of the molecule is COc1cccc(OC)c1/C=N/NC(N)=S. The lowest BCUT2D eigenvalue weighted by Gasteiger charge is -2.08. The summed E-state index contributed by atoms with van der Waals surface area (Å²) in [6.45, 7) is 0. The summed E-state index contributed by atoms with van der Waals surface area (Å²) in [6, 6.07) is 5.45. The summed E-state index contributed by atoms with van der Waals surface area (Å²) in [5.74, 6) is 1.32. The summed E-state index contributed by atoms with van der Waals surface area (Å²) >= 11 is 4.62. The number of hydrogen-bond acceptors (Lipinski definition) is 4. The molecule has 16 heavy (non-hydrogen) atoms. The smallest absolute Gasteiger partial charge is 0.184 e. The highest BCUT2D eigenvalue weighted by Crippen LogP contribution is 2.25. The zero-order valence-electron chi connectivity index (χ0n) is 9.06. The van der Waals surface area contributed by atoms with Gasteiger partial charge in [-0.3, -0.25) is 5.43 Å². The molecule has 1 rings (SSSR count). The predicted octanol–water partition coefficient (Wildman–Crippen LogP) is 0.871. The lowest BCUT2D eigenvalue weighted by molar-refractivity contribution is 0.393. The van der Waals surface area contributed by atoms with Crippen LogP contribution < -0.4 is 20.6 Å². The molecule has 0 unspecified atom stereocenters. The number of methoxy groups -OCH3 is 2. The van der Waals surface area contributed by atoms with Crippen molar-refractivity contribution < 1.29 is 9.47 Å². The second kappa shape index (κ2) is 5.92. The molecule has 0 bridgehead atoms. The molecular weight excluding hydrogens is 226 g/mol. The third-order valence-electron chi connectivity index (χ3n) is 1.83. The first-order valence-corrected chi connectivity index (χ1v) is 4.89. The number of thiocarbonyl (C=S) groups is 1. The molecule has 5 nitrogen and oxygen atoms in total. The Morgan fingerprint density at radius 2 is 1.94 bits per heavy atom. The molecule has 1 aromatic rings. The predicted molar refractivity (Wildman–Crippen MR) is 67.1 cm³/mol. The Morgan fingerprint density at radius 3 is 2.38 bits per heavy atom. The Morgan fingerprint density at radius 1 is 1.38 bits per heavy atom. The van der Waals surface area contributed by atoms with Gasteiger partial charge in [0.1, 0.15) is 11.5 Å². The fourth-order valence-electron chi connectivity index (χ4n) is 1.17. The molecule has 6 heteroatoms. The van der Waals surface area contributed by atoms with Crippen molar-refractivity contribution in [1.82, 2.24) is 5.43 Å². The second-order valence-electron chi connectivity index (χ2n) is 2.81. The molecule has 0 aliphatic rings. The van der Waals surface area contributed by atoms with Crippen molar-refractivity contribution in [2.45, 2.75) is 0 Å².